The van der Waals surface area contributed by atoms with Gasteiger partial charge in [-0.1, -0.05) is 92.1 Å². The number of anilines is 3. The molecule has 184 valence electrons. The van der Waals surface area contributed by atoms with E-state index in [9.17, 15) is 0 Å². The van der Waals surface area contributed by atoms with E-state index in [1.165, 1.54) is 53.3 Å². The van der Waals surface area contributed by atoms with Gasteiger partial charge in [0.2, 0.25) is 0 Å². The van der Waals surface area contributed by atoms with Crippen LogP contribution in [0.3, 0.4) is 0 Å². The molecule has 0 fully saturated rings. The predicted molar refractivity (Wildman–Crippen MR) is 167 cm³/mol. The van der Waals surface area contributed by atoms with Crippen molar-refractivity contribution in [3.05, 3.63) is 120 Å². The molecular weight excluding hydrogens is 493 g/mol. The van der Waals surface area contributed by atoms with E-state index in [-0.39, 0.29) is 12.1 Å². The molecule has 2 aromatic heterocycles. The first-order valence-corrected chi connectivity index (χ1v) is 14.4. The van der Waals surface area contributed by atoms with Crippen molar-refractivity contribution in [3.8, 4) is 0 Å². The molecule has 7 aromatic rings. The highest BCUT2D eigenvalue weighted by molar-refractivity contribution is 7.25. The lowest BCUT2D eigenvalue weighted by Gasteiger charge is -2.43. The highest BCUT2D eigenvalue weighted by Gasteiger charge is 2.48. The maximum atomic E-state index is 6.99. The van der Waals surface area contributed by atoms with E-state index in [0.29, 0.717) is 0 Å². The topological polar surface area (TPSA) is 16.4 Å². The Balaban J connectivity index is 1.45. The fourth-order valence-corrected chi connectivity index (χ4v) is 8.32. The summed E-state index contributed by atoms with van der Waals surface area (Å²) < 4.78 is 9.57. The predicted octanol–water partition coefficient (Wildman–Crippen LogP) is 7.74. The number of furan rings is 1. The van der Waals surface area contributed by atoms with Gasteiger partial charge in [-0.15, -0.1) is 11.3 Å². The molecule has 0 N–H and O–H groups in total. The molecule has 0 unspecified atom stereocenters. The highest BCUT2D eigenvalue weighted by atomic mass is 32.1. The zero-order valence-electron chi connectivity index (χ0n) is 21.7. The molecule has 5 aromatic carbocycles. The van der Waals surface area contributed by atoms with Gasteiger partial charge in [-0.05, 0) is 53.0 Å². The van der Waals surface area contributed by atoms with Crippen LogP contribution in [0.5, 0.6) is 0 Å². The van der Waals surface area contributed by atoms with Gasteiger partial charge in [-0.25, -0.2) is 0 Å². The van der Waals surface area contributed by atoms with Gasteiger partial charge in [-0.3, -0.25) is 0 Å². The summed E-state index contributed by atoms with van der Waals surface area (Å²) in [4.78, 5) is 2.45. The number of hydrogen-bond donors (Lipinski definition) is 0. The Bertz CT molecular complexity index is 2120. The van der Waals surface area contributed by atoms with Crippen molar-refractivity contribution >= 4 is 82.8 Å². The second kappa shape index (κ2) is 7.43. The number of fused-ring (bicyclic) bond motifs is 9. The SMILES string of the molecule is CC1(C)c2ccccc2B2c3oc4cc5sc6ccccc6c5cc4c3N(c3ccccc3)c3cccc1c32. The first-order valence-electron chi connectivity index (χ1n) is 13.6. The van der Waals surface area contributed by atoms with Gasteiger partial charge in [0, 0.05) is 42.3 Å². The molecule has 0 saturated carbocycles. The van der Waals surface area contributed by atoms with Crippen molar-refractivity contribution in [2.75, 3.05) is 4.90 Å². The standard InChI is InChI=1S/C35H24BNOS/c1-35(2)25-14-7-8-16-27(25)36-32-26(35)15-10-17-28(32)37(21-11-4-3-5-12-21)33-24-19-23-22-13-6-9-18-30(22)39-31(23)20-29(24)38-34(33)36/h3-20H,1-2H3. The average molecular weight is 517 g/mol. The van der Waals surface area contributed by atoms with Crippen molar-refractivity contribution < 1.29 is 4.42 Å². The molecule has 0 bridgehead atoms. The lowest BCUT2D eigenvalue weighted by atomic mass is 9.32. The maximum absolute atomic E-state index is 6.99. The highest BCUT2D eigenvalue weighted by Crippen LogP contribution is 2.47. The van der Waals surface area contributed by atoms with E-state index in [4.69, 9.17) is 4.42 Å². The lowest BCUT2D eigenvalue weighted by Crippen LogP contribution is -2.63. The molecule has 2 aliphatic heterocycles. The third kappa shape index (κ3) is 2.72. The number of nitrogens with zero attached hydrogens (tertiary/aromatic N) is 1. The van der Waals surface area contributed by atoms with E-state index in [0.717, 1.165) is 22.6 Å². The van der Waals surface area contributed by atoms with Crippen molar-refractivity contribution in [2.24, 2.45) is 0 Å². The smallest absolute Gasteiger partial charge is 0.293 e. The summed E-state index contributed by atoms with van der Waals surface area (Å²) in [6.07, 6.45) is 0. The number of hydrogen-bond acceptors (Lipinski definition) is 3. The van der Waals surface area contributed by atoms with Crippen LogP contribution >= 0.6 is 11.3 Å². The molecule has 39 heavy (non-hydrogen) atoms. The van der Waals surface area contributed by atoms with Gasteiger partial charge in [0.05, 0.1) is 11.3 Å². The summed E-state index contributed by atoms with van der Waals surface area (Å²) >= 11 is 1.84. The Kier molecular flexibility index (Phi) is 4.12. The second-order valence-electron chi connectivity index (χ2n) is 11.3. The molecule has 2 aliphatic rings. The van der Waals surface area contributed by atoms with Crippen molar-refractivity contribution in [1.29, 1.82) is 0 Å². The van der Waals surface area contributed by atoms with Crippen LogP contribution in [-0.4, -0.2) is 6.71 Å². The number of para-hydroxylation sites is 1. The molecule has 9 rings (SSSR count). The largest absolute Gasteiger partial charge is 0.468 e. The number of benzene rings is 5. The third-order valence-corrected chi connectivity index (χ3v) is 10.1. The summed E-state index contributed by atoms with van der Waals surface area (Å²) in [5.41, 5.74) is 10.9. The molecule has 0 radical (unpaired) electrons. The molecule has 0 aliphatic carbocycles. The number of rotatable bonds is 1. The van der Waals surface area contributed by atoms with Crippen molar-refractivity contribution in [2.45, 2.75) is 19.3 Å². The Morgan fingerprint density at radius 3 is 2.36 bits per heavy atom. The Labute approximate surface area is 231 Å². The molecule has 4 heteroatoms. The van der Waals surface area contributed by atoms with Gasteiger partial charge in [0.25, 0.3) is 6.71 Å². The second-order valence-corrected chi connectivity index (χ2v) is 12.4. The Morgan fingerprint density at radius 2 is 1.46 bits per heavy atom. The van der Waals surface area contributed by atoms with E-state index in [2.05, 4.69) is 128 Å². The van der Waals surface area contributed by atoms with E-state index < -0.39 is 0 Å². The minimum absolute atomic E-state index is 0.0533. The van der Waals surface area contributed by atoms with Crippen LogP contribution in [0.15, 0.2) is 114 Å². The quantitative estimate of drug-likeness (QED) is 0.207. The van der Waals surface area contributed by atoms with Gasteiger partial charge < -0.3 is 9.32 Å². The fourth-order valence-electron chi connectivity index (χ4n) is 7.20. The van der Waals surface area contributed by atoms with Crippen LogP contribution in [-0.2, 0) is 5.41 Å². The van der Waals surface area contributed by atoms with E-state index in [1.807, 2.05) is 11.3 Å². The lowest BCUT2D eigenvalue weighted by molar-refractivity contribution is 0.638. The van der Waals surface area contributed by atoms with E-state index >= 15 is 0 Å². The number of thiophene rings is 1. The van der Waals surface area contributed by atoms with Crippen LogP contribution in [0, 0.1) is 0 Å². The van der Waals surface area contributed by atoms with Crippen molar-refractivity contribution in [1.82, 2.24) is 0 Å². The van der Waals surface area contributed by atoms with Crippen molar-refractivity contribution in [3.63, 3.8) is 0 Å². The molecule has 4 heterocycles. The van der Waals surface area contributed by atoms with Gasteiger partial charge in [0.15, 0.2) is 0 Å². The summed E-state index contributed by atoms with van der Waals surface area (Å²) in [5.74, 6) is 0. The van der Waals surface area contributed by atoms with Gasteiger partial charge in [0.1, 0.15) is 5.58 Å². The molecule has 2 nitrogen and oxygen atoms in total. The van der Waals surface area contributed by atoms with Crippen LogP contribution in [0.1, 0.15) is 25.0 Å². The zero-order valence-corrected chi connectivity index (χ0v) is 22.5. The normalized spacial score (nSPS) is 15.0. The van der Waals surface area contributed by atoms with Gasteiger partial charge >= 0.3 is 0 Å². The summed E-state index contributed by atoms with van der Waals surface area (Å²) in [6.45, 7) is 4.77. The van der Waals surface area contributed by atoms with Gasteiger partial charge in [-0.2, -0.15) is 0 Å². The fraction of sp³-hybridized carbons (Fsp3) is 0.0857. The molecule has 0 atom stereocenters. The summed E-state index contributed by atoms with van der Waals surface area (Å²) in [7, 11) is 0. The average Bonchev–Trinajstić information content (AvgIpc) is 3.52. The van der Waals surface area contributed by atoms with E-state index in [1.54, 1.807) is 0 Å². The van der Waals surface area contributed by atoms with Crippen LogP contribution in [0.25, 0.3) is 31.1 Å². The van der Waals surface area contributed by atoms with Crippen LogP contribution in [0.4, 0.5) is 17.1 Å². The first kappa shape index (κ1) is 21.6. The molecule has 0 spiro atoms. The zero-order chi connectivity index (χ0) is 25.9. The first-order chi connectivity index (χ1) is 19.1. The Morgan fingerprint density at radius 1 is 0.692 bits per heavy atom. The minimum Gasteiger partial charge on any atom is -0.468 e. The maximum Gasteiger partial charge on any atom is 0.293 e. The van der Waals surface area contributed by atoms with Crippen LogP contribution in [0.2, 0.25) is 0 Å². The molecule has 0 amide bonds. The van der Waals surface area contributed by atoms with Crippen LogP contribution < -0.4 is 21.5 Å². The minimum atomic E-state index is -0.105. The monoisotopic (exact) mass is 517 g/mol. The Hall–Kier alpha value is -4.28. The molecular formula is C35H24BNOS. The third-order valence-electron chi connectivity index (χ3n) is 8.92. The summed E-state index contributed by atoms with van der Waals surface area (Å²) in [6, 6.07) is 39.9. The summed E-state index contributed by atoms with van der Waals surface area (Å²) in [5, 5.41) is 3.77. The molecule has 0 saturated heterocycles.